The molecular formula is C17H27NO. The van der Waals surface area contributed by atoms with Gasteiger partial charge in [-0.2, -0.15) is 0 Å². The van der Waals surface area contributed by atoms with Crippen molar-refractivity contribution >= 4 is 0 Å². The summed E-state index contributed by atoms with van der Waals surface area (Å²) in [6.07, 6.45) is 2.72. The third-order valence-electron chi connectivity index (χ3n) is 4.31. The molecule has 106 valence electrons. The average molecular weight is 261 g/mol. The van der Waals surface area contributed by atoms with Crippen molar-refractivity contribution < 1.29 is 4.74 Å². The van der Waals surface area contributed by atoms with Crippen molar-refractivity contribution in [2.45, 2.75) is 52.1 Å². The van der Waals surface area contributed by atoms with E-state index in [4.69, 9.17) is 4.74 Å². The molecule has 0 saturated carbocycles. The average Bonchev–Trinajstić information content (AvgIpc) is 2.39. The smallest absolute Gasteiger partial charge is 0.119 e. The maximum Gasteiger partial charge on any atom is 0.119 e. The van der Waals surface area contributed by atoms with E-state index in [-0.39, 0.29) is 6.10 Å². The molecule has 1 aliphatic rings. The highest BCUT2D eigenvalue weighted by Crippen LogP contribution is 2.36. The van der Waals surface area contributed by atoms with Gasteiger partial charge in [0, 0.05) is 0 Å². The topological polar surface area (TPSA) is 12.5 Å². The van der Waals surface area contributed by atoms with Gasteiger partial charge in [0.05, 0.1) is 6.10 Å². The second-order valence-corrected chi connectivity index (χ2v) is 6.19. The van der Waals surface area contributed by atoms with E-state index in [1.165, 1.54) is 38.0 Å². The van der Waals surface area contributed by atoms with Gasteiger partial charge in [-0.25, -0.2) is 0 Å². The molecule has 0 aliphatic carbocycles. The van der Waals surface area contributed by atoms with Crippen LogP contribution in [0.1, 0.15) is 46.1 Å². The molecule has 19 heavy (non-hydrogen) atoms. The van der Waals surface area contributed by atoms with Gasteiger partial charge in [-0.3, -0.25) is 0 Å². The quantitative estimate of drug-likeness (QED) is 0.816. The van der Waals surface area contributed by atoms with Crippen molar-refractivity contribution in [1.82, 2.24) is 4.90 Å². The van der Waals surface area contributed by atoms with Crippen LogP contribution in [0.5, 0.6) is 5.75 Å². The number of hydrogen-bond acceptors (Lipinski definition) is 2. The van der Waals surface area contributed by atoms with Crippen LogP contribution in [0.4, 0.5) is 0 Å². The van der Waals surface area contributed by atoms with Crippen LogP contribution in [0.2, 0.25) is 0 Å². The van der Waals surface area contributed by atoms with Gasteiger partial charge in [-0.15, -0.1) is 0 Å². The number of piperidine rings is 1. The van der Waals surface area contributed by atoms with Crippen LogP contribution >= 0.6 is 0 Å². The number of likely N-dealkylation sites (tertiary alicyclic amines) is 1. The van der Waals surface area contributed by atoms with E-state index in [0.29, 0.717) is 5.41 Å². The number of benzene rings is 1. The van der Waals surface area contributed by atoms with Gasteiger partial charge in [0.15, 0.2) is 0 Å². The molecule has 0 amide bonds. The third kappa shape index (κ3) is 3.50. The standard InChI is InChI=1S/C17H27NO/c1-5-18-11-9-17(4,10-12-18)15-7-6-8-16(13-15)19-14(2)3/h6-8,13-14H,5,9-12H2,1-4H3. The van der Waals surface area contributed by atoms with Crippen molar-refractivity contribution in [3.63, 3.8) is 0 Å². The Morgan fingerprint density at radius 3 is 2.53 bits per heavy atom. The molecule has 2 nitrogen and oxygen atoms in total. The number of ether oxygens (including phenoxy) is 1. The Bertz CT molecular complexity index is 405. The third-order valence-corrected chi connectivity index (χ3v) is 4.31. The van der Waals surface area contributed by atoms with Gasteiger partial charge < -0.3 is 9.64 Å². The molecule has 0 unspecified atom stereocenters. The van der Waals surface area contributed by atoms with Crippen LogP contribution in [0.15, 0.2) is 24.3 Å². The molecule has 1 fully saturated rings. The minimum absolute atomic E-state index is 0.241. The Hall–Kier alpha value is -1.02. The van der Waals surface area contributed by atoms with Gasteiger partial charge in [0.2, 0.25) is 0 Å². The van der Waals surface area contributed by atoms with E-state index >= 15 is 0 Å². The predicted molar refractivity (Wildman–Crippen MR) is 80.9 cm³/mol. The van der Waals surface area contributed by atoms with Crippen LogP contribution < -0.4 is 4.74 Å². The van der Waals surface area contributed by atoms with Crippen molar-refractivity contribution in [2.75, 3.05) is 19.6 Å². The van der Waals surface area contributed by atoms with E-state index in [1.807, 2.05) is 0 Å². The fourth-order valence-electron chi connectivity index (χ4n) is 2.87. The van der Waals surface area contributed by atoms with Crippen molar-refractivity contribution in [1.29, 1.82) is 0 Å². The monoisotopic (exact) mass is 261 g/mol. The SMILES string of the molecule is CCN1CCC(C)(c2cccc(OC(C)C)c2)CC1. The van der Waals surface area contributed by atoms with Crippen molar-refractivity contribution in [3.05, 3.63) is 29.8 Å². The van der Waals surface area contributed by atoms with Gasteiger partial charge in [-0.05, 0) is 69.4 Å². The minimum Gasteiger partial charge on any atom is -0.491 e. The normalized spacial score (nSPS) is 19.6. The lowest BCUT2D eigenvalue weighted by atomic mass is 9.74. The van der Waals surface area contributed by atoms with E-state index < -0.39 is 0 Å². The summed E-state index contributed by atoms with van der Waals surface area (Å²) in [4.78, 5) is 2.54. The molecule has 1 aliphatic heterocycles. The number of nitrogens with zero attached hydrogens (tertiary/aromatic N) is 1. The molecule has 0 radical (unpaired) electrons. The summed E-state index contributed by atoms with van der Waals surface area (Å²) in [5.41, 5.74) is 1.74. The minimum atomic E-state index is 0.241. The molecule has 1 saturated heterocycles. The fraction of sp³-hybridized carbons (Fsp3) is 0.647. The molecule has 2 heteroatoms. The maximum atomic E-state index is 5.82. The highest BCUT2D eigenvalue weighted by atomic mass is 16.5. The van der Waals surface area contributed by atoms with Crippen LogP contribution in [0.25, 0.3) is 0 Å². The first-order chi connectivity index (χ1) is 9.03. The van der Waals surface area contributed by atoms with Crippen LogP contribution in [0.3, 0.4) is 0 Å². The van der Waals surface area contributed by atoms with E-state index in [0.717, 1.165) is 5.75 Å². The zero-order chi connectivity index (χ0) is 13.9. The molecule has 1 aromatic carbocycles. The summed E-state index contributed by atoms with van der Waals surface area (Å²) in [5, 5.41) is 0. The molecule has 1 aromatic rings. The van der Waals surface area contributed by atoms with Crippen LogP contribution in [0, 0.1) is 0 Å². The highest BCUT2D eigenvalue weighted by Gasteiger charge is 2.31. The molecule has 0 atom stereocenters. The molecule has 1 heterocycles. The molecule has 0 spiro atoms. The Morgan fingerprint density at radius 1 is 1.26 bits per heavy atom. The Morgan fingerprint density at radius 2 is 1.95 bits per heavy atom. The van der Waals surface area contributed by atoms with Crippen LogP contribution in [-0.2, 0) is 5.41 Å². The van der Waals surface area contributed by atoms with Gasteiger partial charge in [0.1, 0.15) is 5.75 Å². The Balaban J connectivity index is 2.12. The molecule has 0 bridgehead atoms. The highest BCUT2D eigenvalue weighted by molar-refractivity contribution is 5.34. The van der Waals surface area contributed by atoms with E-state index in [9.17, 15) is 0 Å². The second-order valence-electron chi connectivity index (χ2n) is 6.19. The second kappa shape index (κ2) is 5.96. The zero-order valence-corrected chi connectivity index (χ0v) is 12.8. The lowest BCUT2D eigenvalue weighted by molar-refractivity contribution is 0.175. The van der Waals surface area contributed by atoms with Crippen molar-refractivity contribution in [3.8, 4) is 5.75 Å². The largest absolute Gasteiger partial charge is 0.491 e. The summed E-state index contributed by atoms with van der Waals surface area (Å²) in [6.45, 7) is 12.4. The van der Waals surface area contributed by atoms with Crippen molar-refractivity contribution in [2.24, 2.45) is 0 Å². The summed E-state index contributed by atoms with van der Waals surface area (Å²) in [5.74, 6) is 1.01. The predicted octanol–water partition coefficient (Wildman–Crippen LogP) is 3.85. The van der Waals surface area contributed by atoms with Crippen LogP contribution in [-0.4, -0.2) is 30.6 Å². The zero-order valence-electron chi connectivity index (χ0n) is 12.8. The molecule has 2 rings (SSSR count). The fourth-order valence-corrected chi connectivity index (χ4v) is 2.87. The molecule has 0 N–H and O–H groups in total. The van der Waals surface area contributed by atoms with E-state index in [2.05, 4.69) is 56.9 Å². The van der Waals surface area contributed by atoms with E-state index in [1.54, 1.807) is 0 Å². The number of hydrogen-bond donors (Lipinski definition) is 0. The maximum absolute atomic E-state index is 5.82. The first-order valence-corrected chi connectivity index (χ1v) is 7.53. The lowest BCUT2D eigenvalue weighted by Crippen LogP contribution is -2.40. The first kappa shape index (κ1) is 14.4. The molecule has 0 aromatic heterocycles. The van der Waals surface area contributed by atoms with Gasteiger partial charge in [-0.1, -0.05) is 26.0 Å². The molecular weight excluding hydrogens is 234 g/mol. The Kier molecular flexibility index (Phi) is 4.51. The number of rotatable bonds is 4. The van der Waals surface area contributed by atoms with Gasteiger partial charge >= 0.3 is 0 Å². The lowest BCUT2D eigenvalue weighted by Gasteiger charge is -2.39. The summed E-state index contributed by atoms with van der Waals surface area (Å²) < 4.78 is 5.82. The summed E-state index contributed by atoms with van der Waals surface area (Å²) >= 11 is 0. The van der Waals surface area contributed by atoms with Gasteiger partial charge in [0.25, 0.3) is 0 Å². The summed E-state index contributed by atoms with van der Waals surface area (Å²) in [6, 6.07) is 8.69. The first-order valence-electron chi connectivity index (χ1n) is 7.53. The summed E-state index contributed by atoms with van der Waals surface area (Å²) in [7, 11) is 0. The Labute approximate surface area is 117 Å².